The van der Waals surface area contributed by atoms with E-state index in [1.165, 1.54) is 19.3 Å². The number of hydrogen-bond donors (Lipinski definition) is 1. The third-order valence-corrected chi connectivity index (χ3v) is 4.27. The summed E-state index contributed by atoms with van der Waals surface area (Å²) in [6, 6.07) is 0.522. The quantitative estimate of drug-likeness (QED) is 0.716. The third-order valence-electron chi connectivity index (χ3n) is 3.51. The van der Waals surface area contributed by atoms with Crippen molar-refractivity contribution in [1.82, 2.24) is 5.32 Å². The van der Waals surface area contributed by atoms with E-state index in [-0.39, 0.29) is 17.5 Å². The predicted octanol–water partition coefficient (Wildman–Crippen LogP) is 4.58. The first kappa shape index (κ1) is 16.2. The molecule has 0 heterocycles. The Hall–Kier alpha value is 0.100. The minimum atomic E-state index is -4.06. The molecule has 1 aliphatic carbocycles. The first-order chi connectivity index (χ1) is 8.51. The maximum Gasteiger partial charge on any atom is 0.441 e. The van der Waals surface area contributed by atoms with Crippen LogP contribution in [-0.4, -0.2) is 23.8 Å². The lowest BCUT2D eigenvalue weighted by atomic mass is 9.95. The lowest BCUT2D eigenvalue weighted by Gasteiger charge is -2.21. The van der Waals surface area contributed by atoms with Crippen LogP contribution in [0.1, 0.15) is 51.9 Å². The zero-order chi connectivity index (χ0) is 13.4. The van der Waals surface area contributed by atoms with Gasteiger partial charge in [0.15, 0.2) is 0 Å². The summed E-state index contributed by atoms with van der Waals surface area (Å²) in [4.78, 5) is 0. The van der Waals surface area contributed by atoms with Gasteiger partial charge < -0.3 is 5.32 Å². The van der Waals surface area contributed by atoms with E-state index in [2.05, 4.69) is 12.2 Å². The molecule has 0 aromatic heterocycles. The summed E-state index contributed by atoms with van der Waals surface area (Å²) in [6.45, 7) is 3.16. The van der Waals surface area contributed by atoms with Crippen molar-refractivity contribution in [2.24, 2.45) is 5.92 Å². The molecule has 2 atom stereocenters. The van der Waals surface area contributed by atoms with Gasteiger partial charge in [-0.15, -0.1) is 0 Å². The molecule has 0 radical (unpaired) electrons. The number of nitrogens with one attached hydrogen (secondary N) is 1. The molecule has 0 bridgehead atoms. The van der Waals surface area contributed by atoms with Crippen molar-refractivity contribution in [2.75, 3.05) is 12.3 Å². The van der Waals surface area contributed by atoms with Gasteiger partial charge in [-0.05, 0) is 38.1 Å². The lowest BCUT2D eigenvalue weighted by molar-refractivity contribution is -0.0328. The average Bonchev–Trinajstić information content (AvgIpc) is 2.50. The van der Waals surface area contributed by atoms with Gasteiger partial charge in [0, 0.05) is 11.8 Å². The molecule has 0 saturated heterocycles. The van der Waals surface area contributed by atoms with E-state index in [1.807, 2.05) is 0 Å². The fraction of sp³-hybridized carbons (Fsp3) is 1.00. The SMILES string of the molecule is CCCNC1CCCCC(CCSC(F)(F)F)C1. The molecule has 1 nitrogen and oxygen atoms in total. The molecular formula is C13H24F3NS. The minimum absolute atomic E-state index is 0.133. The summed E-state index contributed by atoms with van der Waals surface area (Å²) in [5.41, 5.74) is -4.06. The van der Waals surface area contributed by atoms with Gasteiger partial charge in [0.1, 0.15) is 0 Å². The molecule has 0 amide bonds. The van der Waals surface area contributed by atoms with Crippen LogP contribution >= 0.6 is 11.8 Å². The summed E-state index contributed by atoms with van der Waals surface area (Å²) in [7, 11) is 0. The molecule has 0 spiro atoms. The zero-order valence-electron chi connectivity index (χ0n) is 11.1. The highest BCUT2D eigenvalue weighted by Crippen LogP contribution is 2.33. The van der Waals surface area contributed by atoms with Gasteiger partial charge in [-0.1, -0.05) is 37.9 Å². The monoisotopic (exact) mass is 283 g/mol. The second kappa shape index (κ2) is 8.31. The van der Waals surface area contributed by atoms with Gasteiger partial charge in [0.25, 0.3) is 0 Å². The van der Waals surface area contributed by atoms with Gasteiger partial charge in [0.05, 0.1) is 0 Å². The van der Waals surface area contributed by atoms with E-state index in [0.29, 0.717) is 18.4 Å². The Labute approximate surface area is 112 Å². The van der Waals surface area contributed by atoms with E-state index in [4.69, 9.17) is 0 Å². The van der Waals surface area contributed by atoms with Crippen LogP contribution in [0.15, 0.2) is 0 Å². The summed E-state index contributed by atoms with van der Waals surface area (Å²) >= 11 is 0.133. The molecule has 1 rings (SSSR count). The zero-order valence-corrected chi connectivity index (χ0v) is 11.9. The first-order valence-electron chi connectivity index (χ1n) is 6.95. The Morgan fingerprint density at radius 1 is 1.22 bits per heavy atom. The van der Waals surface area contributed by atoms with E-state index >= 15 is 0 Å². The second-order valence-electron chi connectivity index (χ2n) is 5.12. The molecule has 0 aromatic carbocycles. The van der Waals surface area contributed by atoms with Crippen molar-refractivity contribution in [3.63, 3.8) is 0 Å². The van der Waals surface area contributed by atoms with Crippen molar-refractivity contribution in [1.29, 1.82) is 0 Å². The smallest absolute Gasteiger partial charge is 0.314 e. The normalized spacial score (nSPS) is 26.0. The van der Waals surface area contributed by atoms with Crippen LogP contribution in [0.3, 0.4) is 0 Å². The number of rotatable bonds is 6. The van der Waals surface area contributed by atoms with Crippen molar-refractivity contribution < 1.29 is 13.2 Å². The molecular weight excluding hydrogens is 259 g/mol. The van der Waals surface area contributed by atoms with Gasteiger partial charge in [0.2, 0.25) is 0 Å². The molecule has 108 valence electrons. The van der Waals surface area contributed by atoms with E-state index < -0.39 is 5.51 Å². The maximum absolute atomic E-state index is 12.1. The summed E-state index contributed by atoms with van der Waals surface area (Å²) in [5.74, 6) is 0.686. The van der Waals surface area contributed by atoms with Crippen molar-refractivity contribution >= 4 is 11.8 Å². The third kappa shape index (κ3) is 7.52. The Morgan fingerprint density at radius 3 is 2.61 bits per heavy atom. The number of halogens is 3. The molecule has 5 heteroatoms. The molecule has 1 fully saturated rings. The van der Waals surface area contributed by atoms with Crippen molar-refractivity contribution in [3.05, 3.63) is 0 Å². The Balaban J connectivity index is 2.26. The van der Waals surface area contributed by atoms with Crippen LogP contribution in [0.2, 0.25) is 0 Å². The highest BCUT2D eigenvalue weighted by Gasteiger charge is 2.28. The van der Waals surface area contributed by atoms with Crippen LogP contribution in [0.25, 0.3) is 0 Å². The molecule has 1 aliphatic rings. The van der Waals surface area contributed by atoms with Crippen LogP contribution < -0.4 is 5.32 Å². The number of alkyl halides is 3. The average molecular weight is 283 g/mol. The molecule has 0 aliphatic heterocycles. The molecule has 18 heavy (non-hydrogen) atoms. The first-order valence-corrected chi connectivity index (χ1v) is 7.94. The highest BCUT2D eigenvalue weighted by molar-refractivity contribution is 8.00. The summed E-state index contributed by atoms with van der Waals surface area (Å²) < 4.78 is 36.3. The fourth-order valence-electron chi connectivity index (χ4n) is 2.60. The van der Waals surface area contributed by atoms with Gasteiger partial charge in [-0.3, -0.25) is 0 Å². The van der Waals surface area contributed by atoms with Gasteiger partial charge in [-0.25, -0.2) is 0 Å². The van der Waals surface area contributed by atoms with Crippen molar-refractivity contribution in [2.45, 2.75) is 63.4 Å². The van der Waals surface area contributed by atoms with Crippen LogP contribution in [0.4, 0.5) is 13.2 Å². The molecule has 1 N–H and O–H groups in total. The van der Waals surface area contributed by atoms with Crippen LogP contribution in [0.5, 0.6) is 0 Å². The van der Waals surface area contributed by atoms with Crippen molar-refractivity contribution in [3.8, 4) is 0 Å². The Morgan fingerprint density at radius 2 is 1.94 bits per heavy atom. The van der Waals surface area contributed by atoms with Gasteiger partial charge >= 0.3 is 5.51 Å². The Kier molecular flexibility index (Phi) is 7.46. The number of thioether (sulfide) groups is 1. The maximum atomic E-state index is 12.1. The molecule has 1 saturated carbocycles. The Bertz CT molecular complexity index is 221. The lowest BCUT2D eigenvalue weighted by Crippen LogP contribution is -2.30. The van der Waals surface area contributed by atoms with Gasteiger partial charge in [-0.2, -0.15) is 13.2 Å². The van der Waals surface area contributed by atoms with E-state index in [1.54, 1.807) is 0 Å². The molecule has 0 aromatic rings. The topological polar surface area (TPSA) is 12.0 Å². The van der Waals surface area contributed by atoms with E-state index in [9.17, 15) is 13.2 Å². The largest absolute Gasteiger partial charge is 0.441 e. The number of hydrogen-bond acceptors (Lipinski definition) is 2. The standard InChI is InChI=1S/C13H24F3NS/c1-2-8-17-12-6-4-3-5-11(10-12)7-9-18-13(14,15)16/h11-12,17H,2-10H2,1H3. The minimum Gasteiger partial charge on any atom is -0.314 e. The summed E-state index contributed by atoms with van der Waals surface area (Å²) in [6.07, 6.45) is 7.54. The summed E-state index contributed by atoms with van der Waals surface area (Å²) in [5, 5.41) is 3.52. The fourth-order valence-corrected chi connectivity index (χ4v) is 3.28. The van der Waals surface area contributed by atoms with E-state index in [0.717, 1.165) is 25.8 Å². The van der Waals surface area contributed by atoms with Crippen LogP contribution in [0, 0.1) is 5.92 Å². The highest BCUT2D eigenvalue weighted by atomic mass is 32.2. The second-order valence-corrected chi connectivity index (χ2v) is 6.28. The molecule has 2 unspecified atom stereocenters. The van der Waals surface area contributed by atoms with Crippen LogP contribution in [-0.2, 0) is 0 Å². The predicted molar refractivity (Wildman–Crippen MR) is 71.8 cm³/mol.